The molecule has 2 saturated carbocycles. The van der Waals surface area contributed by atoms with Crippen LogP contribution in [-0.2, 0) is 0 Å². The number of ether oxygens (including phenoxy) is 1. The van der Waals surface area contributed by atoms with Crippen LogP contribution in [0.2, 0.25) is 0 Å². The number of nitrogens with zero attached hydrogens (tertiary/aromatic N) is 1. The van der Waals surface area contributed by atoms with Crippen molar-refractivity contribution in [3.05, 3.63) is 24.3 Å². The molecule has 2 atom stereocenters. The number of guanidine groups is 1. The predicted octanol–water partition coefficient (Wildman–Crippen LogP) is 2.61. The van der Waals surface area contributed by atoms with Gasteiger partial charge in [0.1, 0.15) is 5.75 Å². The number of hydrogen-bond donors (Lipinski definition) is 2. The number of hydrogen-bond acceptors (Lipinski definition) is 2. The SMILES string of the molecule is COc1cccc(NC(N)=N[C@@H]2C[C@H]2C2CCC2)c1. The molecule has 0 amide bonds. The van der Waals surface area contributed by atoms with Gasteiger partial charge in [-0.3, -0.25) is 0 Å². The molecule has 0 heterocycles. The molecule has 3 rings (SSSR count). The zero-order chi connectivity index (χ0) is 13.2. The van der Waals surface area contributed by atoms with Crippen LogP contribution in [0.25, 0.3) is 0 Å². The van der Waals surface area contributed by atoms with Crippen molar-refractivity contribution in [3.63, 3.8) is 0 Å². The van der Waals surface area contributed by atoms with Gasteiger partial charge in [0, 0.05) is 11.8 Å². The Balaban J connectivity index is 1.57. The van der Waals surface area contributed by atoms with Crippen LogP contribution in [0.3, 0.4) is 0 Å². The first kappa shape index (κ1) is 12.3. The molecular weight excluding hydrogens is 238 g/mol. The van der Waals surface area contributed by atoms with Gasteiger partial charge in [0.2, 0.25) is 0 Å². The minimum absolute atomic E-state index is 0.448. The number of anilines is 1. The van der Waals surface area contributed by atoms with Gasteiger partial charge in [0.15, 0.2) is 5.96 Å². The van der Waals surface area contributed by atoms with Crippen molar-refractivity contribution in [3.8, 4) is 5.75 Å². The van der Waals surface area contributed by atoms with Crippen LogP contribution in [-0.4, -0.2) is 19.1 Å². The lowest BCUT2D eigenvalue weighted by atomic mass is 9.81. The molecule has 3 N–H and O–H groups in total. The first-order valence-corrected chi connectivity index (χ1v) is 7.00. The summed E-state index contributed by atoms with van der Waals surface area (Å²) in [5.74, 6) is 3.04. The largest absolute Gasteiger partial charge is 0.497 e. The van der Waals surface area contributed by atoms with Crippen molar-refractivity contribution in [1.82, 2.24) is 0 Å². The zero-order valence-electron chi connectivity index (χ0n) is 11.3. The molecule has 4 heteroatoms. The second kappa shape index (κ2) is 5.11. The summed E-state index contributed by atoms with van der Waals surface area (Å²) in [4.78, 5) is 4.57. The average molecular weight is 259 g/mol. The molecule has 2 aliphatic carbocycles. The summed E-state index contributed by atoms with van der Waals surface area (Å²) in [6, 6.07) is 8.16. The Morgan fingerprint density at radius 1 is 1.42 bits per heavy atom. The van der Waals surface area contributed by atoms with Crippen LogP contribution in [0.4, 0.5) is 5.69 Å². The van der Waals surface area contributed by atoms with E-state index in [1.54, 1.807) is 7.11 Å². The number of rotatable bonds is 4. The number of aliphatic imine (C=N–C) groups is 1. The second-order valence-electron chi connectivity index (χ2n) is 5.53. The van der Waals surface area contributed by atoms with Crippen LogP contribution < -0.4 is 15.8 Å². The van der Waals surface area contributed by atoms with Gasteiger partial charge in [-0.2, -0.15) is 0 Å². The maximum absolute atomic E-state index is 5.96. The molecule has 0 bridgehead atoms. The van der Waals surface area contributed by atoms with Gasteiger partial charge in [0.05, 0.1) is 13.2 Å². The van der Waals surface area contributed by atoms with Crippen molar-refractivity contribution in [2.75, 3.05) is 12.4 Å². The molecular formula is C15H21N3O. The summed E-state index contributed by atoms with van der Waals surface area (Å²) in [6.45, 7) is 0. The van der Waals surface area contributed by atoms with Gasteiger partial charge in [-0.25, -0.2) is 4.99 Å². The summed E-state index contributed by atoms with van der Waals surface area (Å²) in [5.41, 5.74) is 6.88. The molecule has 0 aromatic heterocycles. The van der Waals surface area contributed by atoms with E-state index in [2.05, 4.69) is 10.3 Å². The highest BCUT2D eigenvalue weighted by Crippen LogP contribution is 2.48. The highest BCUT2D eigenvalue weighted by atomic mass is 16.5. The highest BCUT2D eigenvalue weighted by Gasteiger charge is 2.45. The third-order valence-corrected chi connectivity index (χ3v) is 4.21. The van der Waals surface area contributed by atoms with Crippen LogP contribution in [0, 0.1) is 11.8 Å². The Morgan fingerprint density at radius 3 is 2.95 bits per heavy atom. The van der Waals surface area contributed by atoms with Gasteiger partial charge >= 0.3 is 0 Å². The summed E-state index contributed by atoms with van der Waals surface area (Å²) in [6.07, 6.45) is 5.39. The maximum Gasteiger partial charge on any atom is 0.193 e. The lowest BCUT2D eigenvalue weighted by Gasteiger charge is -2.25. The van der Waals surface area contributed by atoms with Crippen LogP contribution in [0.5, 0.6) is 5.75 Å². The van der Waals surface area contributed by atoms with Crippen LogP contribution in [0.15, 0.2) is 29.3 Å². The van der Waals surface area contributed by atoms with Crippen molar-refractivity contribution < 1.29 is 4.74 Å². The standard InChI is InChI=1S/C15H21N3O/c1-19-12-7-3-6-11(8-12)17-15(16)18-14-9-13(14)10-4-2-5-10/h3,6-8,10,13-14H,2,4-5,9H2,1H3,(H3,16,17,18)/t13-,14+/m0/s1. The van der Waals surface area contributed by atoms with Crippen molar-refractivity contribution in [2.45, 2.75) is 31.7 Å². The maximum atomic E-state index is 5.96. The van der Waals surface area contributed by atoms with Gasteiger partial charge in [-0.15, -0.1) is 0 Å². The summed E-state index contributed by atoms with van der Waals surface area (Å²) < 4.78 is 5.18. The first-order chi connectivity index (χ1) is 9.26. The normalized spacial score (nSPS) is 26.7. The van der Waals surface area contributed by atoms with E-state index in [9.17, 15) is 0 Å². The lowest BCUT2D eigenvalue weighted by Crippen LogP contribution is -2.24. The summed E-state index contributed by atoms with van der Waals surface area (Å²) >= 11 is 0. The smallest absolute Gasteiger partial charge is 0.193 e. The first-order valence-electron chi connectivity index (χ1n) is 7.00. The second-order valence-corrected chi connectivity index (χ2v) is 5.53. The fourth-order valence-electron chi connectivity index (χ4n) is 2.78. The molecule has 0 radical (unpaired) electrons. The van der Waals surface area contributed by atoms with Crippen molar-refractivity contribution in [1.29, 1.82) is 0 Å². The van der Waals surface area contributed by atoms with Crippen LogP contribution in [0.1, 0.15) is 25.7 Å². The van der Waals surface area contributed by atoms with Crippen LogP contribution >= 0.6 is 0 Å². The van der Waals surface area contributed by atoms with E-state index in [1.165, 1.54) is 25.7 Å². The number of methoxy groups -OCH3 is 1. The average Bonchev–Trinajstić information content (AvgIpc) is 3.05. The topological polar surface area (TPSA) is 59.6 Å². The Hall–Kier alpha value is -1.71. The van der Waals surface area contributed by atoms with E-state index in [1.807, 2.05) is 24.3 Å². The Morgan fingerprint density at radius 2 is 2.26 bits per heavy atom. The van der Waals surface area contributed by atoms with Gasteiger partial charge in [0.25, 0.3) is 0 Å². The van der Waals surface area contributed by atoms with E-state index in [0.29, 0.717) is 12.0 Å². The summed E-state index contributed by atoms with van der Waals surface area (Å²) in [7, 11) is 1.66. The van der Waals surface area contributed by atoms with Crippen molar-refractivity contribution in [2.24, 2.45) is 22.6 Å². The van der Waals surface area contributed by atoms with E-state index in [4.69, 9.17) is 10.5 Å². The lowest BCUT2D eigenvalue weighted by molar-refractivity contribution is 0.274. The van der Waals surface area contributed by atoms with Crippen molar-refractivity contribution >= 4 is 11.6 Å². The number of nitrogens with two attached hydrogens (primary N) is 1. The molecule has 102 valence electrons. The molecule has 4 nitrogen and oxygen atoms in total. The fourth-order valence-corrected chi connectivity index (χ4v) is 2.78. The third-order valence-electron chi connectivity index (χ3n) is 4.21. The Labute approximate surface area is 114 Å². The number of benzene rings is 1. The zero-order valence-corrected chi connectivity index (χ0v) is 11.3. The van der Waals surface area contributed by atoms with E-state index >= 15 is 0 Å². The fraction of sp³-hybridized carbons (Fsp3) is 0.533. The van der Waals surface area contributed by atoms with E-state index < -0.39 is 0 Å². The predicted molar refractivity (Wildman–Crippen MR) is 77.5 cm³/mol. The monoisotopic (exact) mass is 259 g/mol. The molecule has 0 unspecified atom stereocenters. The third kappa shape index (κ3) is 2.83. The minimum atomic E-state index is 0.448. The van der Waals surface area contributed by atoms with E-state index in [-0.39, 0.29) is 0 Å². The molecule has 0 aliphatic heterocycles. The Bertz CT molecular complexity index is 482. The minimum Gasteiger partial charge on any atom is -0.497 e. The molecule has 1 aromatic carbocycles. The van der Waals surface area contributed by atoms with Gasteiger partial charge < -0.3 is 15.8 Å². The molecule has 0 saturated heterocycles. The van der Waals surface area contributed by atoms with Gasteiger partial charge in [-0.1, -0.05) is 25.3 Å². The van der Waals surface area contributed by atoms with E-state index in [0.717, 1.165) is 23.3 Å². The molecule has 1 aromatic rings. The number of nitrogens with one attached hydrogen (secondary N) is 1. The molecule has 19 heavy (non-hydrogen) atoms. The quantitative estimate of drug-likeness (QED) is 0.645. The highest BCUT2D eigenvalue weighted by molar-refractivity contribution is 5.92. The van der Waals surface area contributed by atoms with Gasteiger partial charge in [-0.05, 0) is 30.4 Å². The Kier molecular flexibility index (Phi) is 3.32. The molecule has 2 fully saturated rings. The summed E-state index contributed by atoms with van der Waals surface area (Å²) in [5, 5.41) is 3.13. The molecule has 0 spiro atoms. The molecule has 2 aliphatic rings.